The van der Waals surface area contributed by atoms with Crippen LogP contribution in [0.4, 0.5) is 13.2 Å². The number of ether oxygens (including phenoxy) is 2. The van der Waals surface area contributed by atoms with Crippen molar-refractivity contribution >= 4 is 17.8 Å². The molecule has 0 saturated carbocycles. The highest BCUT2D eigenvalue weighted by Gasteiger charge is 2.36. The van der Waals surface area contributed by atoms with Gasteiger partial charge in [0.15, 0.2) is 0 Å². The van der Waals surface area contributed by atoms with E-state index >= 15 is 0 Å². The molecular weight excluding hydrogens is 481 g/mol. The van der Waals surface area contributed by atoms with Gasteiger partial charge >= 0.3 is 12.1 Å². The fraction of sp³-hybridized carbons (Fsp3) is 0.440. The molecule has 8 nitrogen and oxygen atoms in total. The van der Waals surface area contributed by atoms with Crippen molar-refractivity contribution in [3.63, 3.8) is 0 Å². The Morgan fingerprint density at radius 2 is 1.67 bits per heavy atom. The van der Waals surface area contributed by atoms with Crippen LogP contribution in [-0.4, -0.2) is 42.1 Å². The number of alkyl halides is 3. The first kappa shape index (κ1) is 28.6. The number of halogens is 3. The molecule has 3 atom stereocenters. The van der Waals surface area contributed by atoms with E-state index < -0.39 is 53.1 Å². The predicted octanol–water partition coefficient (Wildman–Crippen LogP) is 2.99. The van der Waals surface area contributed by atoms with Crippen molar-refractivity contribution in [1.82, 2.24) is 10.3 Å². The summed E-state index contributed by atoms with van der Waals surface area (Å²) in [6, 6.07) is 5.17. The molecule has 0 fully saturated rings. The molecule has 0 aliphatic carbocycles. The van der Waals surface area contributed by atoms with Crippen LogP contribution in [0.15, 0.2) is 36.5 Å². The van der Waals surface area contributed by atoms with Crippen molar-refractivity contribution in [3.8, 4) is 5.75 Å². The molecule has 2 aromatic rings. The molecule has 1 amide bonds. The molecule has 0 aliphatic rings. The van der Waals surface area contributed by atoms with E-state index in [1.54, 1.807) is 0 Å². The Morgan fingerprint density at radius 3 is 2.22 bits per heavy atom. The Labute approximate surface area is 206 Å². The fourth-order valence-electron chi connectivity index (χ4n) is 3.61. The van der Waals surface area contributed by atoms with E-state index in [9.17, 15) is 32.7 Å². The average molecular weight is 510 g/mol. The second-order valence-electron chi connectivity index (χ2n) is 8.86. The van der Waals surface area contributed by atoms with Gasteiger partial charge in [0.2, 0.25) is 0 Å². The monoisotopic (exact) mass is 509 g/mol. The third-order valence-corrected chi connectivity index (χ3v) is 5.95. The van der Waals surface area contributed by atoms with Crippen LogP contribution in [-0.2, 0) is 25.9 Å². The SMILES string of the molecule is COc1ccnc(C(=O)N[C@@H](C)C(=O)O[C@@H](C)[C@@H](C)c2ccccc2C(F)(F)F)c1C(C)(C)C(=O)[O-]. The van der Waals surface area contributed by atoms with Crippen molar-refractivity contribution in [2.75, 3.05) is 7.11 Å². The lowest BCUT2D eigenvalue weighted by molar-refractivity contribution is -0.312. The van der Waals surface area contributed by atoms with Gasteiger partial charge in [0.05, 0.1) is 18.6 Å². The number of amides is 1. The van der Waals surface area contributed by atoms with Crippen LogP contribution in [0.2, 0.25) is 0 Å². The van der Waals surface area contributed by atoms with Gasteiger partial charge < -0.3 is 24.7 Å². The highest BCUT2D eigenvalue weighted by atomic mass is 19.4. The third kappa shape index (κ3) is 6.13. The first-order valence-corrected chi connectivity index (χ1v) is 11.0. The largest absolute Gasteiger partial charge is 0.549 e. The van der Waals surface area contributed by atoms with E-state index in [-0.39, 0.29) is 22.6 Å². The molecule has 196 valence electrons. The summed E-state index contributed by atoms with van der Waals surface area (Å²) in [6.07, 6.45) is -4.29. The van der Waals surface area contributed by atoms with Gasteiger partial charge in [0, 0.05) is 23.1 Å². The number of hydrogen-bond acceptors (Lipinski definition) is 7. The van der Waals surface area contributed by atoms with Gasteiger partial charge in [-0.3, -0.25) is 9.78 Å². The normalized spacial score (nSPS) is 14.4. The number of nitrogens with zero attached hydrogens (tertiary/aromatic N) is 1. The highest BCUT2D eigenvalue weighted by molar-refractivity contribution is 5.99. The highest BCUT2D eigenvalue weighted by Crippen LogP contribution is 2.37. The zero-order chi connectivity index (χ0) is 27.4. The minimum Gasteiger partial charge on any atom is -0.549 e. The molecule has 11 heteroatoms. The second kappa shape index (κ2) is 11.0. The number of esters is 1. The quantitative estimate of drug-likeness (QED) is 0.517. The number of aliphatic carboxylic acids is 1. The number of aromatic nitrogens is 1. The third-order valence-electron chi connectivity index (χ3n) is 5.95. The molecule has 1 N–H and O–H groups in total. The topological polar surface area (TPSA) is 118 Å². The number of rotatable bonds is 9. The summed E-state index contributed by atoms with van der Waals surface area (Å²) in [5.74, 6) is -3.95. The Hall–Kier alpha value is -3.63. The Kier molecular flexibility index (Phi) is 8.71. The first-order valence-electron chi connectivity index (χ1n) is 11.0. The number of carbonyl (C=O) groups excluding carboxylic acids is 3. The van der Waals surface area contributed by atoms with Gasteiger partial charge in [-0.05, 0) is 31.5 Å². The van der Waals surface area contributed by atoms with Gasteiger partial charge in [-0.1, -0.05) is 39.0 Å². The van der Waals surface area contributed by atoms with E-state index in [0.29, 0.717) is 0 Å². The molecular formula is C25H28F3N2O6-. The van der Waals surface area contributed by atoms with Crippen LogP contribution < -0.4 is 15.2 Å². The molecule has 1 heterocycles. The van der Waals surface area contributed by atoms with E-state index in [1.165, 1.54) is 72.2 Å². The van der Waals surface area contributed by atoms with E-state index in [1.807, 2.05) is 0 Å². The number of methoxy groups -OCH3 is 1. The van der Waals surface area contributed by atoms with E-state index in [0.717, 1.165) is 6.07 Å². The van der Waals surface area contributed by atoms with Crippen molar-refractivity contribution < 1.29 is 42.1 Å². The Balaban J connectivity index is 2.21. The maximum absolute atomic E-state index is 13.4. The van der Waals surface area contributed by atoms with E-state index in [4.69, 9.17) is 9.47 Å². The summed E-state index contributed by atoms with van der Waals surface area (Å²) in [7, 11) is 1.30. The summed E-state index contributed by atoms with van der Waals surface area (Å²) >= 11 is 0. The van der Waals surface area contributed by atoms with Crippen LogP contribution in [0.5, 0.6) is 5.75 Å². The molecule has 2 rings (SSSR count). The molecule has 0 aliphatic heterocycles. The summed E-state index contributed by atoms with van der Waals surface area (Å²) in [5, 5.41) is 14.1. The number of carbonyl (C=O) groups is 3. The van der Waals surface area contributed by atoms with Gasteiger partial charge in [0.25, 0.3) is 5.91 Å². The lowest BCUT2D eigenvalue weighted by Crippen LogP contribution is -2.45. The maximum atomic E-state index is 13.4. The zero-order valence-electron chi connectivity index (χ0n) is 20.7. The standard InChI is InChI=1S/C25H29F3N2O6/c1-13(16-9-7-8-10-17(16)25(26,27)28)15(3)36-22(32)14(2)30-21(31)20-19(24(4,5)23(33)34)18(35-6)11-12-29-20/h7-15H,1-6H3,(H,30,31)(H,33,34)/p-1/t13-,14+,15+/m1/s1. The maximum Gasteiger partial charge on any atom is 0.416 e. The molecule has 0 spiro atoms. The zero-order valence-corrected chi connectivity index (χ0v) is 20.7. The van der Waals surface area contributed by atoms with Crippen molar-refractivity contribution in [2.45, 2.75) is 64.3 Å². The number of benzene rings is 1. The van der Waals surface area contributed by atoms with Gasteiger partial charge in [-0.15, -0.1) is 0 Å². The van der Waals surface area contributed by atoms with Crippen LogP contribution in [0.1, 0.15) is 67.7 Å². The first-order chi connectivity index (χ1) is 16.6. The van der Waals surface area contributed by atoms with Gasteiger partial charge in [0.1, 0.15) is 23.6 Å². The number of nitrogens with one attached hydrogen (secondary N) is 1. The Morgan fingerprint density at radius 1 is 1.06 bits per heavy atom. The molecule has 36 heavy (non-hydrogen) atoms. The molecule has 1 aromatic carbocycles. The summed E-state index contributed by atoms with van der Waals surface area (Å²) in [5.41, 5.74) is -2.85. The van der Waals surface area contributed by atoms with E-state index in [2.05, 4.69) is 10.3 Å². The molecule has 1 aromatic heterocycles. The van der Waals surface area contributed by atoms with Crippen LogP contribution in [0.3, 0.4) is 0 Å². The van der Waals surface area contributed by atoms with Crippen molar-refractivity contribution in [1.29, 1.82) is 0 Å². The number of carboxylic acids is 1. The lowest BCUT2D eigenvalue weighted by atomic mass is 9.82. The smallest absolute Gasteiger partial charge is 0.416 e. The minimum absolute atomic E-state index is 0.0308. The van der Waals surface area contributed by atoms with Crippen molar-refractivity contribution in [3.05, 3.63) is 58.9 Å². The number of carboxylic acid groups (broad SMARTS) is 1. The van der Waals surface area contributed by atoms with Gasteiger partial charge in [-0.25, -0.2) is 4.79 Å². The minimum atomic E-state index is -4.57. The fourth-order valence-corrected chi connectivity index (χ4v) is 3.61. The van der Waals surface area contributed by atoms with Crippen molar-refractivity contribution in [2.24, 2.45) is 0 Å². The Bertz CT molecular complexity index is 1130. The van der Waals surface area contributed by atoms with Gasteiger partial charge in [-0.2, -0.15) is 13.2 Å². The molecule has 0 saturated heterocycles. The predicted molar refractivity (Wildman–Crippen MR) is 121 cm³/mol. The number of pyridine rings is 1. The molecule has 0 radical (unpaired) electrons. The summed E-state index contributed by atoms with van der Waals surface area (Å²) in [4.78, 5) is 41.3. The van der Waals surface area contributed by atoms with Crippen LogP contribution in [0.25, 0.3) is 0 Å². The lowest BCUT2D eigenvalue weighted by Gasteiger charge is -2.29. The van der Waals surface area contributed by atoms with Crippen LogP contribution in [0, 0.1) is 0 Å². The summed E-state index contributed by atoms with van der Waals surface area (Å²) in [6.45, 7) is 6.91. The average Bonchev–Trinajstić information content (AvgIpc) is 2.81. The van der Waals surface area contributed by atoms with Crippen LogP contribution >= 0.6 is 0 Å². The molecule has 0 bridgehead atoms. The number of hydrogen-bond donors (Lipinski definition) is 1. The molecule has 0 unspecified atom stereocenters. The summed E-state index contributed by atoms with van der Waals surface area (Å²) < 4.78 is 50.7. The second-order valence-corrected chi connectivity index (χ2v) is 8.86.